The van der Waals surface area contributed by atoms with Crippen molar-refractivity contribution in [3.05, 3.63) is 41.6 Å². The lowest BCUT2D eigenvalue weighted by molar-refractivity contribution is -0.141. The second-order valence-corrected chi connectivity index (χ2v) is 5.09. The normalized spacial score (nSPS) is 10.8. The standard InChI is InChI=1S/C17H21N3O3/c1-4-23-16(21)11-19-10-14(9-18)17(22)20-15-7-5-13(6-8-15)12(2)3/h5-8,10,12,19H,4,11H2,1-3H3,(H,20,22)/b14-10-. The SMILES string of the molecule is CCOC(=O)CN/C=C(/C#N)C(=O)Nc1ccc(C(C)C)cc1. The number of benzene rings is 1. The van der Waals surface area contributed by atoms with Crippen LogP contribution in [0.2, 0.25) is 0 Å². The molecule has 1 amide bonds. The smallest absolute Gasteiger partial charge is 0.325 e. The molecule has 0 unspecified atom stereocenters. The van der Waals surface area contributed by atoms with Gasteiger partial charge in [-0.1, -0.05) is 26.0 Å². The third-order valence-corrected chi connectivity index (χ3v) is 3.00. The van der Waals surface area contributed by atoms with Crippen molar-refractivity contribution in [2.45, 2.75) is 26.7 Å². The van der Waals surface area contributed by atoms with Gasteiger partial charge in [-0.3, -0.25) is 9.59 Å². The molecular formula is C17H21N3O3. The van der Waals surface area contributed by atoms with E-state index >= 15 is 0 Å². The highest BCUT2D eigenvalue weighted by atomic mass is 16.5. The van der Waals surface area contributed by atoms with Crippen molar-refractivity contribution >= 4 is 17.6 Å². The van der Waals surface area contributed by atoms with Gasteiger partial charge in [0.15, 0.2) is 0 Å². The lowest BCUT2D eigenvalue weighted by Gasteiger charge is -2.08. The van der Waals surface area contributed by atoms with Crippen LogP contribution in [0.15, 0.2) is 36.0 Å². The van der Waals surface area contributed by atoms with Crippen LogP contribution in [-0.4, -0.2) is 25.0 Å². The van der Waals surface area contributed by atoms with E-state index in [4.69, 9.17) is 10.00 Å². The van der Waals surface area contributed by atoms with Crippen LogP contribution in [0.3, 0.4) is 0 Å². The van der Waals surface area contributed by atoms with Crippen molar-refractivity contribution < 1.29 is 14.3 Å². The van der Waals surface area contributed by atoms with Gasteiger partial charge in [-0.25, -0.2) is 0 Å². The molecule has 0 aliphatic heterocycles. The maximum atomic E-state index is 12.0. The predicted octanol–water partition coefficient (Wildman–Crippen LogP) is 2.31. The summed E-state index contributed by atoms with van der Waals surface area (Å²) in [5, 5.41) is 14.3. The summed E-state index contributed by atoms with van der Waals surface area (Å²) in [4.78, 5) is 23.2. The summed E-state index contributed by atoms with van der Waals surface area (Å²) in [5.41, 5.74) is 1.64. The van der Waals surface area contributed by atoms with Gasteiger partial charge in [-0.05, 0) is 30.5 Å². The highest BCUT2D eigenvalue weighted by Gasteiger charge is 2.10. The highest BCUT2D eigenvalue weighted by Crippen LogP contribution is 2.17. The number of esters is 1. The van der Waals surface area contributed by atoms with Crippen LogP contribution in [0.5, 0.6) is 0 Å². The Labute approximate surface area is 136 Å². The molecule has 6 heteroatoms. The maximum absolute atomic E-state index is 12.0. The fourth-order valence-corrected chi connectivity index (χ4v) is 1.75. The second kappa shape index (κ2) is 9.26. The Kier molecular flexibility index (Phi) is 7.34. The molecule has 1 aromatic carbocycles. The Hall–Kier alpha value is -2.81. The molecule has 0 aliphatic rings. The van der Waals surface area contributed by atoms with Gasteiger partial charge in [-0.15, -0.1) is 0 Å². The number of nitrogens with zero attached hydrogens (tertiary/aromatic N) is 1. The average molecular weight is 315 g/mol. The molecule has 122 valence electrons. The van der Waals surface area contributed by atoms with E-state index in [-0.39, 0.29) is 18.7 Å². The van der Waals surface area contributed by atoms with Gasteiger partial charge in [0.2, 0.25) is 0 Å². The summed E-state index contributed by atoms with van der Waals surface area (Å²) in [6.07, 6.45) is 1.20. The van der Waals surface area contributed by atoms with Gasteiger partial charge in [0.25, 0.3) is 5.91 Å². The molecule has 0 aliphatic carbocycles. The Morgan fingerprint density at radius 3 is 2.48 bits per heavy atom. The fourth-order valence-electron chi connectivity index (χ4n) is 1.75. The van der Waals surface area contributed by atoms with E-state index in [0.717, 1.165) is 5.56 Å². The van der Waals surface area contributed by atoms with Crippen LogP contribution in [0.1, 0.15) is 32.3 Å². The number of nitrogens with one attached hydrogen (secondary N) is 2. The Balaban J connectivity index is 2.63. The van der Waals surface area contributed by atoms with E-state index in [1.165, 1.54) is 6.20 Å². The van der Waals surface area contributed by atoms with Gasteiger partial charge in [0.05, 0.1) is 6.61 Å². The summed E-state index contributed by atoms with van der Waals surface area (Å²) in [6.45, 7) is 6.04. The molecule has 23 heavy (non-hydrogen) atoms. The third kappa shape index (κ3) is 6.22. The molecule has 0 saturated heterocycles. The maximum Gasteiger partial charge on any atom is 0.325 e. The summed E-state index contributed by atoms with van der Waals surface area (Å²) >= 11 is 0. The van der Waals surface area contributed by atoms with E-state index in [1.807, 2.05) is 12.1 Å². The van der Waals surface area contributed by atoms with Gasteiger partial charge in [0, 0.05) is 11.9 Å². The first-order valence-electron chi connectivity index (χ1n) is 7.38. The minimum absolute atomic E-state index is 0.102. The number of ether oxygens (including phenoxy) is 1. The number of carbonyl (C=O) groups excluding carboxylic acids is 2. The van der Waals surface area contributed by atoms with E-state index in [9.17, 15) is 9.59 Å². The number of rotatable bonds is 7. The topological polar surface area (TPSA) is 91.2 Å². The lowest BCUT2D eigenvalue weighted by atomic mass is 10.0. The Bertz CT molecular complexity index is 613. The number of hydrogen-bond donors (Lipinski definition) is 2. The summed E-state index contributed by atoms with van der Waals surface area (Å²) in [6, 6.07) is 9.22. The highest BCUT2D eigenvalue weighted by molar-refractivity contribution is 6.06. The average Bonchev–Trinajstić information content (AvgIpc) is 2.52. The van der Waals surface area contributed by atoms with Crippen molar-refractivity contribution in [1.29, 1.82) is 5.26 Å². The molecule has 1 rings (SSSR count). The van der Waals surface area contributed by atoms with Gasteiger partial charge in [-0.2, -0.15) is 5.26 Å². The number of amides is 1. The first-order valence-corrected chi connectivity index (χ1v) is 7.38. The molecule has 0 radical (unpaired) electrons. The van der Waals surface area contributed by atoms with E-state index in [2.05, 4.69) is 24.5 Å². The number of hydrogen-bond acceptors (Lipinski definition) is 5. The molecule has 0 fully saturated rings. The molecule has 0 saturated carbocycles. The van der Waals surface area contributed by atoms with Crippen LogP contribution in [0.4, 0.5) is 5.69 Å². The predicted molar refractivity (Wildman–Crippen MR) is 87.5 cm³/mol. The summed E-state index contributed by atoms with van der Waals surface area (Å²) in [5.74, 6) is -0.590. The zero-order valence-corrected chi connectivity index (χ0v) is 13.6. The van der Waals surface area contributed by atoms with Crippen LogP contribution < -0.4 is 10.6 Å². The van der Waals surface area contributed by atoms with Crippen molar-refractivity contribution in [3.63, 3.8) is 0 Å². The molecule has 1 aromatic rings. The minimum Gasteiger partial charge on any atom is -0.465 e. The monoisotopic (exact) mass is 315 g/mol. The van der Waals surface area contributed by atoms with E-state index in [1.54, 1.807) is 25.1 Å². The summed E-state index contributed by atoms with van der Waals surface area (Å²) in [7, 11) is 0. The first-order chi connectivity index (χ1) is 11.0. The lowest BCUT2D eigenvalue weighted by Crippen LogP contribution is -2.22. The number of carbonyl (C=O) groups is 2. The molecule has 2 N–H and O–H groups in total. The molecule has 6 nitrogen and oxygen atoms in total. The van der Waals surface area contributed by atoms with Crippen LogP contribution in [-0.2, 0) is 14.3 Å². The molecular weight excluding hydrogens is 294 g/mol. The van der Waals surface area contributed by atoms with Crippen molar-refractivity contribution in [2.75, 3.05) is 18.5 Å². The van der Waals surface area contributed by atoms with Crippen LogP contribution in [0, 0.1) is 11.3 Å². The van der Waals surface area contributed by atoms with Gasteiger partial charge in [0.1, 0.15) is 18.2 Å². The third-order valence-electron chi connectivity index (χ3n) is 3.00. The van der Waals surface area contributed by atoms with E-state index in [0.29, 0.717) is 11.6 Å². The Morgan fingerprint density at radius 2 is 1.96 bits per heavy atom. The van der Waals surface area contributed by atoms with Crippen LogP contribution >= 0.6 is 0 Å². The quantitative estimate of drug-likeness (QED) is 0.458. The Morgan fingerprint density at radius 1 is 1.30 bits per heavy atom. The fraction of sp³-hybridized carbons (Fsp3) is 0.353. The van der Waals surface area contributed by atoms with Crippen molar-refractivity contribution in [3.8, 4) is 6.07 Å². The van der Waals surface area contributed by atoms with Crippen LogP contribution in [0.25, 0.3) is 0 Å². The molecule has 0 atom stereocenters. The summed E-state index contributed by atoms with van der Waals surface area (Å²) < 4.78 is 4.73. The van der Waals surface area contributed by atoms with Gasteiger partial charge < -0.3 is 15.4 Å². The molecule has 0 spiro atoms. The molecule has 0 heterocycles. The largest absolute Gasteiger partial charge is 0.465 e. The number of anilines is 1. The van der Waals surface area contributed by atoms with Crippen molar-refractivity contribution in [2.24, 2.45) is 0 Å². The van der Waals surface area contributed by atoms with Gasteiger partial charge >= 0.3 is 5.97 Å². The molecule has 0 bridgehead atoms. The number of nitriles is 1. The second-order valence-electron chi connectivity index (χ2n) is 5.09. The van der Waals surface area contributed by atoms with E-state index < -0.39 is 11.9 Å². The minimum atomic E-state index is -0.541. The molecule has 0 aromatic heterocycles. The zero-order valence-electron chi connectivity index (χ0n) is 13.6. The zero-order chi connectivity index (χ0) is 17.2. The first kappa shape index (κ1) is 18.2. The van der Waals surface area contributed by atoms with Crippen molar-refractivity contribution in [1.82, 2.24) is 5.32 Å².